The molecule has 0 radical (unpaired) electrons. The zero-order valence-corrected chi connectivity index (χ0v) is 15.1. The van der Waals surface area contributed by atoms with E-state index < -0.39 is 0 Å². The highest BCUT2D eigenvalue weighted by Crippen LogP contribution is 2.42. The van der Waals surface area contributed by atoms with Crippen LogP contribution >= 0.6 is 0 Å². The molecular formula is C24H17NO2. The predicted octanol–water partition coefficient (Wildman–Crippen LogP) is 6.78. The number of aryl methyl sites for hydroxylation is 2. The first-order valence-corrected chi connectivity index (χ1v) is 8.97. The number of benzene rings is 5. The molecule has 0 fully saturated rings. The summed E-state index contributed by atoms with van der Waals surface area (Å²) in [5, 5.41) is 18.8. The summed E-state index contributed by atoms with van der Waals surface area (Å²) in [4.78, 5) is 11.5. The van der Waals surface area contributed by atoms with Gasteiger partial charge < -0.3 is 0 Å². The molecule has 0 atom stereocenters. The van der Waals surface area contributed by atoms with Gasteiger partial charge in [0.05, 0.1) is 10.5 Å². The van der Waals surface area contributed by atoms with E-state index in [0.717, 1.165) is 27.5 Å². The summed E-state index contributed by atoms with van der Waals surface area (Å²) in [6.45, 7) is 3.85. The molecule has 0 N–H and O–H groups in total. The van der Waals surface area contributed by atoms with Crippen molar-refractivity contribution in [1.29, 1.82) is 0 Å². The number of hydrogen-bond donors (Lipinski definition) is 0. The minimum absolute atomic E-state index is 0.169. The molecule has 0 amide bonds. The fourth-order valence-corrected chi connectivity index (χ4v) is 4.39. The monoisotopic (exact) mass is 351 g/mol. The zero-order chi connectivity index (χ0) is 18.7. The van der Waals surface area contributed by atoms with Crippen LogP contribution in [0.5, 0.6) is 0 Å². The molecule has 0 spiro atoms. The van der Waals surface area contributed by atoms with Crippen LogP contribution in [0.25, 0.3) is 43.4 Å². The van der Waals surface area contributed by atoms with E-state index in [-0.39, 0.29) is 10.6 Å². The van der Waals surface area contributed by atoms with Gasteiger partial charge in [0.15, 0.2) is 0 Å². The van der Waals surface area contributed by atoms with Crippen molar-refractivity contribution in [3.63, 3.8) is 0 Å². The van der Waals surface area contributed by atoms with Crippen molar-refractivity contribution in [3.05, 3.63) is 88.0 Å². The van der Waals surface area contributed by atoms with Gasteiger partial charge in [0.1, 0.15) is 0 Å². The Bertz CT molecular complexity index is 1350. The molecule has 27 heavy (non-hydrogen) atoms. The second-order valence-electron chi connectivity index (χ2n) is 7.20. The van der Waals surface area contributed by atoms with Crippen LogP contribution in [0.3, 0.4) is 0 Å². The maximum absolute atomic E-state index is 11.8. The van der Waals surface area contributed by atoms with Gasteiger partial charge in [0.25, 0.3) is 5.69 Å². The molecule has 0 aliphatic heterocycles. The molecule has 5 aromatic rings. The quantitative estimate of drug-likeness (QED) is 0.200. The highest BCUT2D eigenvalue weighted by atomic mass is 16.6. The first kappa shape index (κ1) is 15.8. The van der Waals surface area contributed by atoms with Gasteiger partial charge in [-0.1, -0.05) is 60.7 Å². The molecule has 0 aliphatic rings. The fourth-order valence-electron chi connectivity index (χ4n) is 4.39. The fraction of sp³-hybridized carbons (Fsp3) is 0.0833. The Morgan fingerprint density at radius 2 is 1.41 bits per heavy atom. The Kier molecular flexibility index (Phi) is 3.22. The molecule has 3 nitrogen and oxygen atoms in total. The van der Waals surface area contributed by atoms with Crippen LogP contribution in [0.4, 0.5) is 5.69 Å². The largest absolute Gasteiger partial charge is 0.277 e. The first-order chi connectivity index (χ1) is 13.0. The molecular weight excluding hydrogens is 334 g/mol. The standard InChI is InChI=1S/C24H17NO2/c1-14-12-15(2)22(21(13-14)25(26)27)19-10-9-18-7-6-16-4-3-5-17-8-11-20(19)24(18)23(16)17/h3-13H,1-2H3. The Hall–Kier alpha value is -3.46. The maximum Gasteiger partial charge on any atom is 0.277 e. The van der Waals surface area contributed by atoms with E-state index in [1.54, 1.807) is 6.07 Å². The molecule has 130 valence electrons. The van der Waals surface area contributed by atoms with E-state index in [2.05, 4.69) is 48.5 Å². The van der Waals surface area contributed by atoms with E-state index in [9.17, 15) is 10.1 Å². The second kappa shape index (κ2) is 5.52. The number of nitro benzene ring substituents is 1. The topological polar surface area (TPSA) is 43.1 Å². The van der Waals surface area contributed by atoms with Crippen LogP contribution in [0.15, 0.2) is 66.7 Å². The van der Waals surface area contributed by atoms with Crippen molar-refractivity contribution in [2.45, 2.75) is 13.8 Å². The maximum atomic E-state index is 11.8. The van der Waals surface area contributed by atoms with Crippen molar-refractivity contribution < 1.29 is 4.92 Å². The summed E-state index contributed by atoms with van der Waals surface area (Å²) >= 11 is 0. The molecule has 5 rings (SSSR count). The van der Waals surface area contributed by atoms with Gasteiger partial charge in [-0.2, -0.15) is 0 Å². The van der Waals surface area contributed by atoms with Gasteiger partial charge in [-0.15, -0.1) is 0 Å². The smallest absolute Gasteiger partial charge is 0.258 e. The van der Waals surface area contributed by atoms with E-state index >= 15 is 0 Å². The average molecular weight is 351 g/mol. The third kappa shape index (κ3) is 2.21. The van der Waals surface area contributed by atoms with Crippen molar-refractivity contribution in [3.8, 4) is 11.1 Å². The predicted molar refractivity (Wildman–Crippen MR) is 112 cm³/mol. The van der Waals surface area contributed by atoms with Gasteiger partial charge in [-0.3, -0.25) is 10.1 Å². The van der Waals surface area contributed by atoms with Crippen molar-refractivity contribution in [1.82, 2.24) is 0 Å². The molecule has 0 aromatic heterocycles. The number of nitrogens with zero attached hydrogens (tertiary/aromatic N) is 1. The van der Waals surface area contributed by atoms with Gasteiger partial charge in [-0.05, 0) is 62.9 Å². The number of nitro groups is 1. The highest BCUT2D eigenvalue weighted by molar-refractivity contribution is 6.25. The summed E-state index contributed by atoms with van der Waals surface area (Å²) in [5.74, 6) is 0. The number of hydrogen-bond acceptors (Lipinski definition) is 2. The minimum atomic E-state index is -0.271. The van der Waals surface area contributed by atoms with E-state index in [0.29, 0.717) is 5.56 Å². The summed E-state index contributed by atoms with van der Waals surface area (Å²) in [6, 6.07) is 22.6. The van der Waals surface area contributed by atoms with Gasteiger partial charge in [-0.25, -0.2) is 0 Å². The van der Waals surface area contributed by atoms with Crippen LogP contribution in [0.1, 0.15) is 11.1 Å². The van der Waals surface area contributed by atoms with Crippen molar-refractivity contribution >= 4 is 38.0 Å². The lowest BCUT2D eigenvalue weighted by atomic mass is 9.88. The molecule has 0 unspecified atom stereocenters. The molecule has 0 aliphatic carbocycles. The Morgan fingerprint density at radius 3 is 2.11 bits per heavy atom. The van der Waals surface area contributed by atoms with Crippen LogP contribution in [-0.2, 0) is 0 Å². The third-order valence-corrected chi connectivity index (χ3v) is 5.45. The minimum Gasteiger partial charge on any atom is -0.258 e. The second-order valence-corrected chi connectivity index (χ2v) is 7.20. The molecule has 0 heterocycles. The van der Waals surface area contributed by atoms with Gasteiger partial charge in [0, 0.05) is 6.07 Å². The number of rotatable bonds is 2. The summed E-state index contributed by atoms with van der Waals surface area (Å²) < 4.78 is 0. The summed E-state index contributed by atoms with van der Waals surface area (Å²) in [5.41, 5.74) is 3.63. The Labute approximate surface area is 156 Å². The molecule has 0 saturated carbocycles. The van der Waals surface area contributed by atoms with E-state index in [1.807, 2.05) is 26.0 Å². The molecule has 5 aromatic carbocycles. The lowest BCUT2D eigenvalue weighted by Crippen LogP contribution is -1.97. The Balaban J connectivity index is 1.98. The lowest BCUT2D eigenvalue weighted by Gasteiger charge is -2.15. The van der Waals surface area contributed by atoms with E-state index in [4.69, 9.17) is 0 Å². The van der Waals surface area contributed by atoms with E-state index in [1.165, 1.54) is 21.5 Å². The molecule has 0 saturated heterocycles. The van der Waals surface area contributed by atoms with Crippen LogP contribution < -0.4 is 0 Å². The zero-order valence-electron chi connectivity index (χ0n) is 15.1. The summed E-state index contributed by atoms with van der Waals surface area (Å²) in [7, 11) is 0. The van der Waals surface area contributed by atoms with Crippen molar-refractivity contribution in [2.24, 2.45) is 0 Å². The molecule has 0 bridgehead atoms. The summed E-state index contributed by atoms with van der Waals surface area (Å²) in [6.07, 6.45) is 0. The molecule has 3 heteroatoms. The highest BCUT2D eigenvalue weighted by Gasteiger charge is 2.21. The normalized spacial score (nSPS) is 11.6. The van der Waals surface area contributed by atoms with Crippen LogP contribution in [-0.4, -0.2) is 4.92 Å². The van der Waals surface area contributed by atoms with Gasteiger partial charge >= 0.3 is 0 Å². The Morgan fingerprint density at radius 1 is 0.778 bits per heavy atom. The lowest BCUT2D eigenvalue weighted by molar-refractivity contribution is -0.384. The van der Waals surface area contributed by atoms with Gasteiger partial charge in [0.2, 0.25) is 0 Å². The first-order valence-electron chi connectivity index (χ1n) is 8.97. The van der Waals surface area contributed by atoms with Crippen molar-refractivity contribution in [2.75, 3.05) is 0 Å². The SMILES string of the molecule is Cc1cc(C)c(-c2ccc3ccc4cccc5ccc2c3c45)c([N+](=O)[O-])c1. The van der Waals surface area contributed by atoms with Crippen LogP contribution in [0, 0.1) is 24.0 Å². The average Bonchev–Trinajstić information content (AvgIpc) is 2.66. The third-order valence-electron chi connectivity index (χ3n) is 5.45. The van der Waals surface area contributed by atoms with Crippen LogP contribution in [0.2, 0.25) is 0 Å².